The van der Waals surface area contributed by atoms with Crippen LogP contribution in [0.2, 0.25) is 0 Å². The predicted molar refractivity (Wildman–Crippen MR) is 88.5 cm³/mol. The largest absolute Gasteiger partial charge is 0.359 e. The van der Waals surface area contributed by atoms with Gasteiger partial charge < -0.3 is 20.5 Å². The second-order valence-electron chi connectivity index (χ2n) is 5.70. The number of guanidine groups is 1. The number of urea groups is 1. The van der Waals surface area contributed by atoms with E-state index in [1.807, 2.05) is 26.8 Å². The van der Waals surface area contributed by atoms with Crippen LogP contribution in [-0.4, -0.2) is 54.1 Å². The van der Waals surface area contributed by atoms with Gasteiger partial charge in [0.15, 0.2) is 11.7 Å². The number of rotatable bonds is 7. The minimum Gasteiger partial charge on any atom is -0.359 e. The molecule has 9 nitrogen and oxygen atoms in total. The summed E-state index contributed by atoms with van der Waals surface area (Å²) < 4.78 is 5.25. The molecule has 0 unspecified atom stereocenters. The van der Waals surface area contributed by atoms with Crippen LogP contribution >= 0.6 is 0 Å². The molecule has 0 radical (unpaired) electrons. The fourth-order valence-electron chi connectivity index (χ4n) is 2.14. The third-order valence-electron chi connectivity index (χ3n) is 3.47. The normalized spacial score (nSPS) is 15.2. The van der Waals surface area contributed by atoms with E-state index in [1.54, 1.807) is 0 Å². The van der Waals surface area contributed by atoms with Gasteiger partial charge in [-0.3, -0.25) is 9.69 Å². The average molecular weight is 336 g/mol. The first-order valence-electron chi connectivity index (χ1n) is 8.07. The van der Waals surface area contributed by atoms with E-state index < -0.39 is 0 Å². The van der Waals surface area contributed by atoms with Crippen molar-refractivity contribution in [3.8, 4) is 0 Å². The van der Waals surface area contributed by atoms with Gasteiger partial charge in [-0.2, -0.15) is 0 Å². The van der Waals surface area contributed by atoms with Gasteiger partial charge in [-0.15, -0.1) is 0 Å². The summed E-state index contributed by atoms with van der Waals surface area (Å²) in [5.41, 5.74) is 0.900. The third-order valence-corrected chi connectivity index (χ3v) is 3.47. The van der Waals surface area contributed by atoms with Crippen LogP contribution in [0.5, 0.6) is 0 Å². The molecule has 2 rings (SSSR count). The molecule has 1 fully saturated rings. The van der Waals surface area contributed by atoms with Gasteiger partial charge in [-0.1, -0.05) is 19.0 Å². The Kier molecular flexibility index (Phi) is 6.16. The number of nitrogens with zero attached hydrogens (tertiary/aromatic N) is 3. The zero-order chi connectivity index (χ0) is 17.5. The summed E-state index contributed by atoms with van der Waals surface area (Å²) in [5.74, 6) is 1.37. The number of nitrogens with one attached hydrogen (secondary N) is 3. The van der Waals surface area contributed by atoms with E-state index >= 15 is 0 Å². The Morgan fingerprint density at radius 2 is 2.25 bits per heavy atom. The number of aliphatic imine (C=N–C) groups is 1. The van der Waals surface area contributed by atoms with Crippen molar-refractivity contribution in [2.75, 3.05) is 26.2 Å². The van der Waals surface area contributed by atoms with E-state index in [0.29, 0.717) is 37.3 Å². The van der Waals surface area contributed by atoms with E-state index in [-0.39, 0.29) is 25.0 Å². The zero-order valence-corrected chi connectivity index (χ0v) is 14.3. The van der Waals surface area contributed by atoms with Gasteiger partial charge in [-0.05, 0) is 12.8 Å². The fraction of sp³-hybridized carbons (Fsp3) is 0.600. The SMILES string of the molecule is CCNC(=NCc1cc(C(C)C)no1)NCCN1C(=O)CNC1=O. The molecule has 24 heavy (non-hydrogen) atoms. The number of imide groups is 1. The van der Waals surface area contributed by atoms with Crippen LogP contribution in [0.15, 0.2) is 15.6 Å². The fourth-order valence-corrected chi connectivity index (χ4v) is 2.14. The molecule has 2 heterocycles. The van der Waals surface area contributed by atoms with Crippen LogP contribution in [0.3, 0.4) is 0 Å². The van der Waals surface area contributed by atoms with Gasteiger partial charge in [0.25, 0.3) is 0 Å². The van der Waals surface area contributed by atoms with E-state index in [4.69, 9.17) is 4.52 Å². The van der Waals surface area contributed by atoms with Gasteiger partial charge in [-0.25, -0.2) is 9.79 Å². The van der Waals surface area contributed by atoms with Gasteiger partial charge in [0.05, 0.1) is 12.2 Å². The summed E-state index contributed by atoms with van der Waals surface area (Å²) in [6.45, 7) is 7.88. The molecule has 1 aliphatic rings. The van der Waals surface area contributed by atoms with Crippen molar-refractivity contribution >= 4 is 17.9 Å². The molecular weight excluding hydrogens is 312 g/mol. The molecule has 3 amide bonds. The first-order chi connectivity index (χ1) is 11.5. The van der Waals surface area contributed by atoms with Crippen molar-refractivity contribution in [2.45, 2.75) is 33.2 Å². The molecule has 1 saturated heterocycles. The first kappa shape index (κ1) is 17.8. The van der Waals surface area contributed by atoms with Crippen molar-refractivity contribution < 1.29 is 14.1 Å². The predicted octanol–water partition coefficient (Wildman–Crippen LogP) is 0.405. The van der Waals surface area contributed by atoms with E-state index in [9.17, 15) is 9.59 Å². The van der Waals surface area contributed by atoms with Crippen molar-refractivity contribution in [3.05, 3.63) is 17.5 Å². The van der Waals surface area contributed by atoms with Gasteiger partial charge in [0, 0.05) is 25.7 Å². The number of carbonyl (C=O) groups excluding carboxylic acids is 2. The minimum absolute atomic E-state index is 0.0661. The second-order valence-corrected chi connectivity index (χ2v) is 5.70. The highest BCUT2D eigenvalue weighted by Crippen LogP contribution is 2.14. The first-order valence-corrected chi connectivity index (χ1v) is 8.07. The lowest BCUT2D eigenvalue weighted by atomic mass is 10.1. The van der Waals surface area contributed by atoms with Gasteiger partial charge in [0.1, 0.15) is 6.54 Å². The summed E-state index contributed by atoms with van der Waals surface area (Å²) in [6, 6.07) is 1.54. The third kappa shape index (κ3) is 4.71. The van der Waals surface area contributed by atoms with Crippen LogP contribution in [0.4, 0.5) is 4.79 Å². The molecule has 0 aromatic carbocycles. The number of carbonyl (C=O) groups is 2. The molecule has 0 spiro atoms. The highest BCUT2D eigenvalue weighted by atomic mass is 16.5. The Morgan fingerprint density at radius 3 is 2.83 bits per heavy atom. The van der Waals surface area contributed by atoms with E-state index in [2.05, 4.69) is 26.1 Å². The van der Waals surface area contributed by atoms with Crippen molar-refractivity contribution in [3.63, 3.8) is 0 Å². The highest BCUT2D eigenvalue weighted by Gasteiger charge is 2.27. The maximum atomic E-state index is 11.5. The molecule has 3 N–H and O–H groups in total. The summed E-state index contributed by atoms with van der Waals surface area (Å²) in [6.07, 6.45) is 0. The lowest BCUT2D eigenvalue weighted by molar-refractivity contribution is -0.124. The average Bonchev–Trinajstić information content (AvgIpc) is 3.14. The van der Waals surface area contributed by atoms with Crippen LogP contribution in [-0.2, 0) is 11.3 Å². The quantitative estimate of drug-likeness (QED) is 0.378. The summed E-state index contributed by atoms with van der Waals surface area (Å²) >= 11 is 0. The molecule has 132 valence electrons. The van der Waals surface area contributed by atoms with Crippen molar-refractivity contribution in [1.82, 2.24) is 26.0 Å². The smallest absolute Gasteiger partial charge is 0.324 e. The molecule has 1 aliphatic heterocycles. The Balaban J connectivity index is 1.85. The van der Waals surface area contributed by atoms with Gasteiger partial charge >= 0.3 is 6.03 Å². The van der Waals surface area contributed by atoms with Crippen LogP contribution in [0.1, 0.15) is 38.1 Å². The monoisotopic (exact) mass is 336 g/mol. The number of hydrogen-bond donors (Lipinski definition) is 3. The Bertz CT molecular complexity index is 594. The van der Waals surface area contributed by atoms with Crippen LogP contribution in [0.25, 0.3) is 0 Å². The standard InChI is InChI=1S/C15H24N6O3/c1-4-16-14(17-5-6-21-13(22)9-19-15(21)23)18-8-11-7-12(10(2)3)20-24-11/h7,10H,4-6,8-9H2,1-3H3,(H,19,23)(H2,16,17,18). The molecule has 9 heteroatoms. The molecule has 0 bridgehead atoms. The van der Waals surface area contributed by atoms with E-state index in [0.717, 1.165) is 5.69 Å². The highest BCUT2D eigenvalue weighted by molar-refractivity contribution is 6.01. The van der Waals surface area contributed by atoms with Crippen molar-refractivity contribution in [1.29, 1.82) is 0 Å². The topological polar surface area (TPSA) is 112 Å². The number of hydrogen-bond acceptors (Lipinski definition) is 5. The van der Waals surface area contributed by atoms with Crippen LogP contribution < -0.4 is 16.0 Å². The lowest BCUT2D eigenvalue weighted by Gasteiger charge is -2.15. The summed E-state index contributed by atoms with van der Waals surface area (Å²) in [5, 5.41) is 12.7. The molecule has 0 saturated carbocycles. The summed E-state index contributed by atoms with van der Waals surface area (Å²) in [7, 11) is 0. The lowest BCUT2D eigenvalue weighted by Crippen LogP contribution is -2.43. The minimum atomic E-state index is -0.355. The number of aromatic nitrogens is 1. The number of amides is 3. The van der Waals surface area contributed by atoms with Gasteiger partial charge in [0.2, 0.25) is 5.91 Å². The Hall–Kier alpha value is -2.58. The Morgan fingerprint density at radius 1 is 1.46 bits per heavy atom. The molecule has 0 aliphatic carbocycles. The maximum absolute atomic E-state index is 11.5. The van der Waals surface area contributed by atoms with Crippen molar-refractivity contribution in [2.24, 2.45) is 4.99 Å². The maximum Gasteiger partial charge on any atom is 0.324 e. The second kappa shape index (κ2) is 8.32. The summed E-state index contributed by atoms with van der Waals surface area (Å²) in [4.78, 5) is 28.6. The zero-order valence-electron chi connectivity index (χ0n) is 14.3. The Labute approximate surface area is 140 Å². The molecule has 1 aromatic rings. The molecule has 1 aromatic heterocycles. The van der Waals surface area contributed by atoms with Crippen LogP contribution in [0, 0.1) is 0 Å². The van der Waals surface area contributed by atoms with E-state index in [1.165, 1.54) is 4.90 Å². The molecular formula is C15H24N6O3. The molecule has 0 atom stereocenters.